The van der Waals surface area contributed by atoms with E-state index in [0.29, 0.717) is 18.1 Å². The summed E-state index contributed by atoms with van der Waals surface area (Å²) in [5.74, 6) is 0.947. The monoisotopic (exact) mass is 514 g/mol. The van der Waals surface area contributed by atoms with Gasteiger partial charge in [-0.2, -0.15) is 0 Å². The molecule has 5 rings (SSSR count). The molecule has 37 heavy (non-hydrogen) atoms. The van der Waals surface area contributed by atoms with Crippen LogP contribution in [0.4, 0.5) is 0 Å². The van der Waals surface area contributed by atoms with E-state index in [1.54, 1.807) is 0 Å². The number of allylic oxidation sites excluding steroid dienone is 1. The first-order valence-corrected chi connectivity index (χ1v) is 14.8. The van der Waals surface area contributed by atoms with Crippen molar-refractivity contribution in [3.05, 3.63) is 11.1 Å². The van der Waals surface area contributed by atoms with Crippen molar-refractivity contribution < 1.29 is 24.2 Å². The van der Waals surface area contributed by atoms with E-state index >= 15 is 0 Å². The van der Waals surface area contributed by atoms with Crippen LogP contribution in [0.1, 0.15) is 114 Å². The van der Waals surface area contributed by atoms with E-state index in [1.165, 1.54) is 18.1 Å². The maximum Gasteiger partial charge on any atom is 0.302 e. The third-order valence-electron chi connectivity index (χ3n) is 12.5. The summed E-state index contributed by atoms with van der Waals surface area (Å²) in [6.45, 7) is 19.5. The van der Waals surface area contributed by atoms with Gasteiger partial charge in [-0.25, -0.2) is 0 Å². The highest BCUT2D eigenvalue weighted by Crippen LogP contribution is 2.74. The molecule has 0 aromatic heterocycles. The summed E-state index contributed by atoms with van der Waals surface area (Å²) in [6, 6.07) is 0. The van der Waals surface area contributed by atoms with Crippen LogP contribution in [-0.2, 0) is 19.1 Å². The predicted molar refractivity (Wildman–Crippen MR) is 144 cm³/mol. The smallest absolute Gasteiger partial charge is 0.302 e. The molecule has 5 nitrogen and oxygen atoms in total. The minimum atomic E-state index is -0.389. The summed E-state index contributed by atoms with van der Waals surface area (Å²) < 4.78 is 11.7. The van der Waals surface area contributed by atoms with E-state index in [4.69, 9.17) is 9.47 Å². The van der Waals surface area contributed by atoms with Crippen LogP contribution < -0.4 is 0 Å². The maximum atomic E-state index is 12.9. The molecule has 1 heterocycles. The van der Waals surface area contributed by atoms with Gasteiger partial charge in [0.1, 0.15) is 18.0 Å². The summed E-state index contributed by atoms with van der Waals surface area (Å²) in [5.41, 5.74) is 2.41. The largest absolute Gasteiger partial charge is 0.460 e. The van der Waals surface area contributed by atoms with Crippen molar-refractivity contribution in [2.45, 2.75) is 138 Å². The molecule has 1 saturated heterocycles. The molecule has 6 unspecified atom stereocenters. The van der Waals surface area contributed by atoms with Gasteiger partial charge in [0.25, 0.3) is 0 Å². The average molecular weight is 515 g/mol. The first-order valence-electron chi connectivity index (χ1n) is 14.8. The molecule has 9 atom stereocenters. The fourth-order valence-corrected chi connectivity index (χ4v) is 10.4. The lowest BCUT2D eigenvalue weighted by Gasteiger charge is -2.69. The molecule has 0 spiro atoms. The van der Waals surface area contributed by atoms with E-state index < -0.39 is 0 Å². The first-order chi connectivity index (χ1) is 17.0. The lowest BCUT2D eigenvalue weighted by molar-refractivity contribution is -0.208. The summed E-state index contributed by atoms with van der Waals surface area (Å²) in [5, 5.41) is 11.9. The summed E-state index contributed by atoms with van der Waals surface area (Å²) in [7, 11) is 0. The van der Waals surface area contributed by atoms with Gasteiger partial charge in [0.15, 0.2) is 0 Å². The van der Waals surface area contributed by atoms with Crippen LogP contribution in [0.25, 0.3) is 0 Å². The third-order valence-corrected chi connectivity index (χ3v) is 12.5. The Morgan fingerprint density at radius 1 is 1.08 bits per heavy atom. The topological polar surface area (TPSA) is 76.1 Å². The highest BCUT2D eigenvalue weighted by Gasteiger charge is 2.69. The van der Waals surface area contributed by atoms with Crippen LogP contribution in [0.2, 0.25) is 0 Å². The lowest BCUT2D eigenvalue weighted by Crippen LogP contribution is -2.65. The molecule has 3 saturated carbocycles. The number of ketones is 1. The second-order valence-electron chi connectivity index (χ2n) is 15.2. The molecule has 0 amide bonds. The quantitative estimate of drug-likeness (QED) is 0.261. The molecule has 1 N–H and O–H groups in total. The number of fused-ring (bicyclic) bond motifs is 5. The zero-order valence-electron chi connectivity index (χ0n) is 24.7. The summed E-state index contributed by atoms with van der Waals surface area (Å²) in [6.07, 6.45) is 6.64. The number of ether oxygens (including phenoxy) is 2. The Balaban J connectivity index is 1.46. The minimum absolute atomic E-state index is 0.0000676. The number of carbonyl (C=O) groups is 2. The predicted octanol–water partition coefficient (Wildman–Crippen LogP) is 6.41. The van der Waals surface area contributed by atoms with Crippen molar-refractivity contribution in [2.75, 3.05) is 0 Å². The number of Topliss-reactive ketones (excluding diaryl/α,β-unsaturated/α-hetero) is 1. The standard InChI is InChI=1S/C32H50O5/c1-18(16-23(36-19(2)33)27-29(5,6)37-27)20-10-14-31(8)21(20)17-22(34)26-30(7)13-12-25(35)28(3,4)24(30)11-15-32(26,31)9/h18,22-24,26-27,34H,10-17H2,1-9H3/t18?,22?,23?,24?,26?,27?,30-,31-,32-/m0/s1. The van der Waals surface area contributed by atoms with Gasteiger partial charge in [-0.05, 0) is 92.8 Å². The molecule has 5 aliphatic rings. The van der Waals surface area contributed by atoms with Crippen molar-refractivity contribution >= 4 is 11.8 Å². The van der Waals surface area contributed by atoms with Crippen LogP contribution in [0.5, 0.6) is 0 Å². The molecule has 0 aromatic rings. The van der Waals surface area contributed by atoms with Crippen LogP contribution in [0.15, 0.2) is 11.1 Å². The molecule has 4 fully saturated rings. The SMILES string of the molecule is CC(=O)OC(CC(C)C1=C2CC(O)C3[C@@]4(C)CCC(=O)C(C)(C)C4CC[C@]3(C)[C@@]2(C)CC1)C1OC1(C)C. The number of esters is 1. The third kappa shape index (κ3) is 3.84. The molecular formula is C32H50O5. The van der Waals surface area contributed by atoms with E-state index in [2.05, 4.69) is 55.4 Å². The maximum absolute atomic E-state index is 12.9. The van der Waals surface area contributed by atoms with Gasteiger partial charge in [0.05, 0.1) is 11.7 Å². The fourth-order valence-electron chi connectivity index (χ4n) is 10.4. The number of hydrogen-bond acceptors (Lipinski definition) is 5. The summed E-state index contributed by atoms with van der Waals surface area (Å²) >= 11 is 0. The van der Waals surface area contributed by atoms with Crippen LogP contribution in [0.3, 0.4) is 0 Å². The Morgan fingerprint density at radius 2 is 1.73 bits per heavy atom. The average Bonchev–Trinajstić information content (AvgIpc) is 3.27. The second kappa shape index (κ2) is 8.40. The molecule has 0 aromatic carbocycles. The second-order valence-corrected chi connectivity index (χ2v) is 15.2. The zero-order valence-corrected chi connectivity index (χ0v) is 24.7. The molecule has 208 valence electrons. The Morgan fingerprint density at radius 3 is 2.32 bits per heavy atom. The van der Waals surface area contributed by atoms with Gasteiger partial charge in [-0.3, -0.25) is 9.59 Å². The van der Waals surface area contributed by atoms with Gasteiger partial charge in [0, 0.05) is 18.8 Å². The van der Waals surface area contributed by atoms with Crippen LogP contribution in [-0.4, -0.2) is 40.8 Å². The van der Waals surface area contributed by atoms with Crippen molar-refractivity contribution in [2.24, 2.45) is 39.4 Å². The number of hydrogen-bond donors (Lipinski definition) is 1. The Bertz CT molecular complexity index is 1020. The highest BCUT2D eigenvalue weighted by molar-refractivity contribution is 5.85. The van der Waals surface area contributed by atoms with Crippen molar-refractivity contribution in [3.8, 4) is 0 Å². The van der Waals surface area contributed by atoms with E-state index in [1.807, 2.05) is 0 Å². The van der Waals surface area contributed by atoms with Gasteiger partial charge in [-0.1, -0.05) is 52.7 Å². The molecular weight excluding hydrogens is 464 g/mol. The molecule has 4 aliphatic carbocycles. The van der Waals surface area contributed by atoms with Gasteiger partial charge < -0.3 is 14.6 Å². The van der Waals surface area contributed by atoms with Gasteiger partial charge >= 0.3 is 5.97 Å². The van der Waals surface area contributed by atoms with Crippen molar-refractivity contribution in [1.29, 1.82) is 0 Å². The minimum Gasteiger partial charge on any atom is -0.460 e. The Labute approximate surface area is 224 Å². The van der Waals surface area contributed by atoms with Crippen LogP contribution in [0, 0.1) is 39.4 Å². The number of aliphatic hydroxyl groups excluding tert-OH is 1. The summed E-state index contributed by atoms with van der Waals surface area (Å²) in [4.78, 5) is 24.8. The van der Waals surface area contributed by atoms with Crippen LogP contribution >= 0.6 is 0 Å². The molecule has 0 bridgehead atoms. The fraction of sp³-hybridized carbons (Fsp3) is 0.875. The lowest BCUT2D eigenvalue weighted by atomic mass is 9.36. The van der Waals surface area contributed by atoms with Gasteiger partial charge in [0.2, 0.25) is 0 Å². The molecule has 0 radical (unpaired) electrons. The number of rotatable bonds is 5. The Hall–Kier alpha value is -1.20. The zero-order chi connectivity index (χ0) is 27.3. The molecule has 5 heteroatoms. The van der Waals surface area contributed by atoms with Crippen molar-refractivity contribution in [3.63, 3.8) is 0 Å². The Kier molecular flexibility index (Phi) is 6.21. The van der Waals surface area contributed by atoms with E-state index in [9.17, 15) is 14.7 Å². The van der Waals surface area contributed by atoms with E-state index in [0.717, 1.165) is 44.9 Å². The normalized spacial score (nSPS) is 45.4. The van der Waals surface area contributed by atoms with Gasteiger partial charge in [-0.15, -0.1) is 0 Å². The van der Waals surface area contributed by atoms with E-state index in [-0.39, 0.29) is 63.4 Å². The highest BCUT2D eigenvalue weighted by atomic mass is 16.6. The number of carbonyl (C=O) groups excluding carboxylic acids is 2. The molecule has 1 aliphatic heterocycles. The van der Waals surface area contributed by atoms with Crippen molar-refractivity contribution in [1.82, 2.24) is 0 Å². The first kappa shape index (κ1) is 27.4. The number of epoxide rings is 1. The number of aliphatic hydroxyl groups is 1.